The number of methoxy groups -OCH3 is 1. The maximum Gasteiger partial charge on any atom is 0.250 e. The van der Waals surface area contributed by atoms with Crippen molar-refractivity contribution >= 4 is 28.4 Å². The Bertz CT molecular complexity index is 1080. The topological polar surface area (TPSA) is 62.6 Å². The van der Waals surface area contributed by atoms with Crippen molar-refractivity contribution in [1.82, 2.24) is 0 Å². The van der Waals surface area contributed by atoms with Crippen LogP contribution in [-0.4, -0.2) is 26.2 Å². The molecule has 146 valence electrons. The van der Waals surface area contributed by atoms with Gasteiger partial charge >= 0.3 is 0 Å². The minimum Gasteiger partial charge on any atom is -0.493 e. The molecule has 0 heterocycles. The summed E-state index contributed by atoms with van der Waals surface area (Å²) in [4.78, 5) is 14.5. The van der Waals surface area contributed by atoms with Crippen LogP contribution in [0.15, 0.2) is 66.7 Å². The number of fused-ring (bicyclic) bond motifs is 1. The highest BCUT2D eigenvalue weighted by Crippen LogP contribution is 2.28. The Kier molecular flexibility index (Phi) is 6.49. The average Bonchev–Trinajstić information content (AvgIpc) is 2.76. The molecule has 0 N–H and O–H groups in total. The lowest BCUT2D eigenvalue weighted by molar-refractivity contribution is -0.114. The Hall–Kier alpha value is -3.78. The van der Waals surface area contributed by atoms with Crippen LogP contribution in [0.25, 0.3) is 16.8 Å². The van der Waals surface area contributed by atoms with Crippen molar-refractivity contribution in [2.75, 3.05) is 25.2 Å². The molecule has 0 bridgehead atoms. The second kappa shape index (κ2) is 9.43. The molecule has 0 radical (unpaired) electrons. The van der Waals surface area contributed by atoms with Crippen LogP contribution >= 0.6 is 0 Å². The van der Waals surface area contributed by atoms with Crippen molar-refractivity contribution in [3.8, 4) is 17.6 Å². The van der Waals surface area contributed by atoms with E-state index in [1.807, 2.05) is 55.5 Å². The van der Waals surface area contributed by atoms with Crippen molar-refractivity contribution in [3.05, 3.63) is 72.3 Å². The fraction of sp³-hybridized carbons (Fsp3) is 0.167. The van der Waals surface area contributed by atoms with E-state index in [4.69, 9.17) is 14.7 Å². The summed E-state index contributed by atoms with van der Waals surface area (Å²) in [6.45, 7) is 2.46. The van der Waals surface area contributed by atoms with Gasteiger partial charge in [0.1, 0.15) is 6.07 Å². The van der Waals surface area contributed by atoms with Crippen LogP contribution in [0.2, 0.25) is 0 Å². The molecule has 5 heteroatoms. The molecule has 0 saturated carbocycles. The molecule has 0 unspecified atom stereocenters. The number of nitrogens with zero attached hydrogens (tertiary/aromatic N) is 2. The van der Waals surface area contributed by atoms with Crippen molar-refractivity contribution in [3.63, 3.8) is 0 Å². The number of rotatable bonds is 7. The number of ether oxygens (including phenoxy) is 2. The molecule has 3 aromatic carbocycles. The molecular weight excluding hydrogens is 364 g/mol. The van der Waals surface area contributed by atoms with Crippen LogP contribution < -0.4 is 14.4 Å². The highest BCUT2D eigenvalue weighted by Gasteiger charge is 2.12. The van der Waals surface area contributed by atoms with Gasteiger partial charge in [0.2, 0.25) is 0 Å². The summed E-state index contributed by atoms with van der Waals surface area (Å²) < 4.78 is 10.6. The monoisotopic (exact) mass is 386 g/mol. The molecule has 0 aromatic heterocycles. The first kappa shape index (κ1) is 20.0. The Morgan fingerprint density at radius 3 is 2.59 bits per heavy atom. The Morgan fingerprint density at radius 2 is 1.86 bits per heavy atom. The minimum absolute atomic E-state index is 0.0543. The third kappa shape index (κ3) is 4.74. The molecule has 0 saturated heterocycles. The van der Waals surface area contributed by atoms with Crippen LogP contribution in [0.5, 0.6) is 11.5 Å². The first-order valence-electron chi connectivity index (χ1n) is 9.32. The molecule has 5 nitrogen and oxygen atoms in total. The van der Waals surface area contributed by atoms with Gasteiger partial charge in [-0.3, -0.25) is 4.79 Å². The summed E-state index contributed by atoms with van der Waals surface area (Å²) in [6.07, 6.45) is 3.28. The SMILES string of the molecule is CCN(C(=O)C=Cc1ccc(OCC#N)c(OC)c1)c1ccc2ccccc2c1. The van der Waals surface area contributed by atoms with E-state index in [0.29, 0.717) is 18.0 Å². The smallest absolute Gasteiger partial charge is 0.250 e. The normalized spacial score (nSPS) is 10.7. The van der Waals surface area contributed by atoms with Gasteiger partial charge < -0.3 is 14.4 Å². The largest absolute Gasteiger partial charge is 0.493 e. The van der Waals surface area contributed by atoms with E-state index < -0.39 is 0 Å². The quantitative estimate of drug-likeness (QED) is 0.546. The average molecular weight is 386 g/mol. The van der Waals surface area contributed by atoms with Gasteiger partial charge in [-0.25, -0.2) is 0 Å². The summed E-state index contributed by atoms with van der Waals surface area (Å²) in [5, 5.41) is 10.9. The Labute approximate surface area is 170 Å². The van der Waals surface area contributed by atoms with Gasteiger partial charge in [-0.2, -0.15) is 5.26 Å². The van der Waals surface area contributed by atoms with Crippen molar-refractivity contribution in [1.29, 1.82) is 5.26 Å². The van der Waals surface area contributed by atoms with Gasteiger partial charge in [0.05, 0.1) is 7.11 Å². The molecule has 0 atom stereocenters. The first-order valence-corrected chi connectivity index (χ1v) is 9.32. The molecule has 3 rings (SSSR count). The van der Waals surface area contributed by atoms with Crippen LogP contribution in [-0.2, 0) is 4.79 Å². The summed E-state index contributed by atoms with van der Waals surface area (Å²) >= 11 is 0. The van der Waals surface area contributed by atoms with Crippen LogP contribution in [0.4, 0.5) is 5.69 Å². The van der Waals surface area contributed by atoms with E-state index in [1.165, 1.54) is 7.11 Å². The molecule has 29 heavy (non-hydrogen) atoms. The predicted molar refractivity (Wildman–Crippen MR) is 115 cm³/mol. The molecular formula is C24H22N2O3. The lowest BCUT2D eigenvalue weighted by Gasteiger charge is -2.20. The van der Waals surface area contributed by atoms with Crippen molar-refractivity contribution in [2.24, 2.45) is 0 Å². The summed E-state index contributed by atoms with van der Waals surface area (Å²) in [6, 6.07) is 21.3. The lowest BCUT2D eigenvalue weighted by atomic mass is 10.1. The summed E-state index contributed by atoms with van der Waals surface area (Å²) in [5.41, 5.74) is 1.66. The highest BCUT2D eigenvalue weighted by molar-refractivity contribution is 6.05. The zero-order valence-electron chi connectivity index (χ0n) is 16.5. The maximum atomic E-state index is 12.8. The Balaban J connectivity index is 1.79. The number of anilines is 1. The van der Waals surface area contributed by atoms with Gasteiger partial charge in [0, 0.05) is 18.3 Å². The number of hydrogen-bond acceptors (Lipinski definition) is 4. The van der Waals surface area contributed by atoms with Gasteiger partial charge in [-0.15, -0.1) is 0 Å². The van der Waals surface area contributed by atoms with Gasteiger partial charge in [-0.05, 0) is 53.6 Å². The molecule has 0 fully saturated rings. The van der Waals surface area contributed by atoms with Crippen molar-refractivity contribution in [2.45, 2.75) is 6.92 Å². The fourth-order valence-corrected chi connectivity index (χ4v) is 3.08. The van der Waals surface area contributed by atoms with Gasteiger partial charge in [-0.1, -0.05) is 36.4 Å². The number of benzene rings is 3. The van der Waals surface area contributed by atoms with Gasteiger partial charge in [0.25, 0.3) is 5.91 Å². The standard InChI is InChI=1S/C24H22N2O3/c1-3-26(21-11-10-19-6-4-5-7-20(19)17-21)24(27)13-9-18-8-12-22(29-15-14-25)23(16-18)28-2/h4-13,16-17H,3,15H2,1-2H3. The van der Waals surface area contributed by atoms with Crippen LogP contribution in [0.3, 0.4) is 0 Å². The third-order valence-electron chi connectivity index (χ3n) is 4.53. The van der Waals surface area contributed by atoms with E-state index in [2.05, 4.69) is 6.07 Å². The van der Waals surface area contributed by atoms with Crippen LogP contribution in [0.1, 0.15) is 12.5 Å². The summed E-state index contributed by atoms with van der Waals surface area (Å²) in [7, 11) is 1.53. The van der Waals surface area contributed by atoms with Crippen LogP contribution in [0, 0.1) is 11.3 Å². The highest BCUT2D eigenvalue weighted by atomic mass is 16.5. The third-order valence-corrected chi connectivity index (χ3v) is 4.53. The zero-order valence-corrected chi connectivity index (χ0v) is 16.5. The van der Waals surface area contributed by atoms with E-state index >= 15 is 0 Å². The zero-order chi connectivity index (χ0) is 20.6. The Morgan fingerprint density at radius 1 is 1.07 bits per heavy atom. The molecule has 3 aromatic rings. The second-order valence-corrected chi connectivity index (χ2v) is 6.30. The molecule has 0 aliphatic rings. The number of carbonyl (C=O) groups is 1. The maximum absolute atomic E-state index is 12.8. The van der Waals surface area contributed by atoms with Gasteiger partial charge in [0.15, 0.2) is 18.1 Å². The molecule has 1 amide bonds. The summed E-state index contributed by atoms with van der Waals surface area (Å²) in [5.74, 6) is 0.896. The molecule has 0 spiro atoms. The van der Waals surface area contributed by atoms with E-state index in [0.717, 1.165) is 22.0 Å². The molecule has 0 aliphatic carbocycles. The molecule has 0 aliphatic heterocycles. The minimum atomic E-state index is -0.105. The number of hydrogen-bond donors (Lipinski definition) is 0. The number of amides is 1. The fourth-order valence-electron chi connectivity index (χ4n) is 3.08. The number of likely N-dealkylation sites (N-methyl/N-ethyl adjacent to an activating group) is 1. The number of nitriles is 1. The second-order valence-electron chi connectivity index (χ2n) is 6.30. The van der Waals surface area contributed by atoms with E-state index in [9.17, 15) is 4.79 Å². The predicted octanol–water partition coefficient (Wildman–Crippen LogP) is 4.82. The lowest BCUT2D eigenvalue weighted by Crippen LogP contribution is -2.28. The first-order chi connectivity index (χ1) is 14.2. The van der Waals surface area contributed by atoms with E-state index in [-0.39, 0.29) is 12.5 Å². The van der Waals surface area contributed by atoms with Crippen molar-refractivity contribution < 1.29 is 14.3 Å². The van der Waals surface area contributed by atoms with E-state index in [1.54, 1.807) is 29.2 Å². The number of carbonyl (C=O) groups excluding carboxylic acids is 1.